The Bertz CT molecular complexity index is 42.8. The Morgan fingerprint density at radius 1 is 1.83 bits per heavy atom. The second-order valence-electron chi connectivity index (χ2n) is 0.745. The van der Waals surface area contributed by atoms with Crippen LogP contribution in [0.25, 0.3) is 0 Å². The van der Waals surface area contributed by atoms with Gasteiger partial charge in [-0.3, -0.25) is 0 Å². The van der Waals surface area contributed by atoms with Gasteiger partial charge >= 0.3 is 0 Å². The Hall–Kier alpha value is -0.530. The van der Waals surface area contributed by atoms with Gasteiger partial charge in [0.2, 0.25) is 6.86 Å². The summed E-state index contributed by atoms with van der Waals surface area (Å²) in [5.74, 6) is 0. The van der Waals surface area contributed by atoms with E-state index in [-0.39, 0.29) is 0 Å². The molecule has 1 nitrogen and oxygen atoms in total. The quantitative estimate of drug-likeness (QED) is 0.466. The minimum absolute atomic E-state index is 0.732. The zero-order valence-corrected chi connectivity index (χ0v) is 3.65. The highest BCUT2D eigenvalue weighted by molar-refractivity contribution is 4.63. The molecule has 0 aliphatic heterocycles. The average Bonchev–Trinajstić information content (AvgIpc) is 1.61. The lowest BCUT2D eigenvalue weighted by molar-refractivity contribution is 0.141. The van der Waals surface area contributed by atoms with Crippen molar-refractivity contribution in [3.8, 4) is 0 Å². The van der Waals surface area contributed by atoms with Gasteiger partial charge in [-0.15, -0.1) is 0 Å². The Morgan fingerprint density at radius 3 is 2.67 bits per heavy atom. The Labute approximate surface area is 36.4 Å². The van der Waals surface area contributed by atoms with Crippen molar-refractivity contribution in [2.24, 2.45) is 0 Å². The maximum absolute atomic E-state index is 10.9. The first-order chi connectivity index (χ1) is 2.91. The molecular weight excluding hydrogens is 83.0 g/mol. The van der Waals surface area contributed by atoms with Gasteiger partial charge in [0.1, 0.15) is 0 Å². The summed E-state index contributed by atoms with van der Waals surface area (Å²) in [6, 6.07) is 0. The maximum Gasteiger partial charge on any atom is 0.227 e. The van der Waals surface area contributed by atoms with Crippen LogP contribution in [0, 0.1) is 0 Å². The highest BCUT2D eigenvalue weighted by Gasteiger charge is 1.63. The van der Waals surface area contributed by atoms with E-state index in [0.717, 1.165) is 0 Å². The maximum atomic E-state index is 10.9. The van der Waals surface area contributed by atoms with Crippen molar-refractivity contribution in [2.45, 2.75) is 6.92 Å². The van der Waals surface area contributed by atoms with Crippen LogP contribution < -0.4 is 0 Å². The van der Waals surface area contributed by atoms with Crippen LogP contribution in [-0.2, 0) is 4.74 Å². The third-order valence-corrected chi connectivity index (χ3v) is 0.295. The highest BCUT2D eigenvalue weighted by Crippen LogP contribution is 1.74. The summed E-state index contributed by atoms with van der Waals surface area (Å²) in [6.45, 7) is 1.03. The fourth-order valence-electron chi connectivity index (χ4n) is 0.133. The SMILES string of the molecule is C/C=C\OCF. The van der Waals surface area contributed by atoms with E-state index >= 15 is 0 Å². The molecule has 0 saturated heterocycles. The summed E-state index contributed by atoms with van der Waals surface area (Å²) < 4.78 is 15.0. The number of alkyl halides is 1. The van der Waals surface area contributed by atoms with E-state index in [2.05, 4.69) is 4.74 Å². The minimum Gasteiger partial charge on any atom is -0.471 e. The minimum atomic E-state index is -0.732. The molecule has 0 amide bonds. The van der Waals surface area contributed by atoms with Gasteiger partial charge in [-0.05, 0) is 6.92 Å². The molecule has 0 saturated carbocycles. The zero-order valence-electron chi connectivity index (χ0n) is 3.65. The van der Waals surface area contributed by atoms with Gasteiger partial charge in [-0.25, -0.2) is 4.39 Å². The summed E-state index contributed by atoms with van der Waals surface area (Å²) in [7, 11) is 0. The van der Waals surface area contributed by atoms with Gasteiger partial charge in [0.25, 0.3) is 0 Å². The molecule has 0 bridgehead atoms. The smallest absolute Gasteiger partial charge is 0.227 e. The van der Waals surface area contributed by atoms with Crippen LogP contribution in [0.4, 0.5) is 4.39 Å². The van der Waals surface area contributed by atoms with E-state index in [4.69, 9.17) is 0 Å². The van der Waals surface area contributed by atoms with E-state index in [1.807, 2.05) is 0 Å². The number of allylic oxidation sites excluding steroid dienone is 1. The van der Waals surface area contributed by atoms with Crippen molar-refractivity contribution in [1.29, 1.82) is 0 Å². The second kappa shape index (κ2) is 4.47. The summed E-state index contributed by atoms with van der Waals surface area (Å²) in [5.41, 5.74) is 0. The topological polar surface area (TPSA) is 9.23 Å². The molecule has 6 heavy (non-hydrogen) atoms. The fraction of sp³-hybridized carbons (Fsp3) is 0.500. The average molecular weight is 90.1 g/mol. The van der Waals surface area contributed by atoms with E-state index in [0.29, 0.717) is 0 Å². The van der Waals surface area contributed by atoms with Crippen LogP contribution in [0.5, 0.6) is 0 Å². The first-order valence-electron chi connectivity index (χ1n) is 1.70. The molecule has 0 heterocycles. The summed E-state index contributed by atoms with van der Waals surface area (Å²) in [5, 5.41) is 0. The second-order valence-corrected chi connectivity index (χ2v) is 0.745. The van der Waals surface area contributed by atoms with Gasteiger partial charge in [0.05, 0.1) is 6.26 Å². The van der Waals surface area contributed by atoms with Gasteiger partial charge in [-0.2, -0.15) is 0 Å². The van der Waals surface area contributed by atoms with Gasteiger partial charge in [0, 0.05) is 0 Å². The first-order valence-corrected chi connectivity index (χ1v) is 1.70. The van der Waals surface area contributed by atoms with Crippen LogP contribution in [0.15, 0.2) is 12.3 Å². The molecule has 0 aromatic rings. The molecule has 0 radical (unpaired) electrons. The van der Waals surface area contributed by atoms with Crippen molar-refractivity contribution in [3.63, 3.8) is 0 Å². The Morgan fingerprint density at radius 2 is 2.50 bits per heavy atom. The Kier molecular flexibility index (Phi) is 4.08. The van der Waals surface area contributed by atoms with Crippen LogP contribution in [-0.4, -0.2) is 6.86 Å². The van der Waals surface area contributed by atoms with Crippen LogP contribution >= 0.6 is 0 Å². The van der Waals surface area contributed by atoms with Crippen molar-refractivity contribution >= 4 is 0 Å². The van der Waals surface area contributed by atoms with E-state index in [9.17, 15) is 4.39 Å². The number of hydrogen-bond acceptors (Lipinski definition) is 1. The molecule has 0 unspecified atom stereocenters. The van der Waals surface area contributed by atoms with Crippen molar-refractivity contribution in [2.75, 3.05) is 6.86 Å². The number of halogens is 1. The monoisotopic (exact) mass is 90.0 g/mol. The van der Waals surface area contributed by atoms with E-state index < -0.39 is 6.86 Å². The van der Waals surface area contributed by atoms with E-state index in [1.165, 1.54) is 6.26 Å². The lowest BCUT2D eigenvalue weighted by atomic mass is 10.7. The lowest BCUT2D eigenvalue weighted by Crippen LogP contribution is -1.71. The summed E-state index contributed by atoms with van der Waals surface area (Å²) in [6.07, 6.45) is 2.93. The predicted octanol–water partition coefficient (Wildman–Crippen LogP) is 1.46. The molecule has 36 valence electrons. The molecule has 0 N–H and O–H groups in total. The molecule has 0 rings (SSSR count). The van der Waals surface area contributed by atoms with Gasteiger partial charge < -0.3 is 4.74 Å². The molecule has 2 heteroatoms. The number of ether oxygens (including phenoxy) is 1. The normalized spacial score (nSPS) is 9.67. The third kappa shape index (κ3) is 3.47. The number of rotatable bonds is 2. The largest absolute Gasteiger partial charge is 0.471 e. The zero-order chi connectivity index (χ0) is 4.83. The van der Waals surface area contributed by atoms with Crippen LogP contribution in [0.1, 0.15) is 6.92 Å². The van der Waals surface area contributed by atoms with Crippen LogP contribution in [0.2, 0.25) is 0 Å². The molecular formula is C4H7FO. The molecule has 0 aliphatic carbocycles. The van der Waals surface area contributed by atoms with Crippen LogP contribution in [0.3, 0.4) is 0 Å². The van der Waals surface area contributed by atoms with Crippen molar-refractivity contribution in [1.82, 2.24) is 0 Å². The summed E-state index contributed by atoms with van der Waals surface area (Å²) in [4.78, 5) is 0. The van der Waals surface area contributed by atoms with Crippen molar-refractivity contribution in [3.05, 3.63) is 12.3 Å². The number of hydrogen-bond donors (Lipinski definition) is 0. The lowest BCUT2D eigenvalue weighted by Gasteiger charge is -1.83. The molecule has 0 atom stereocenters. The Balaban J connectivity index is 2.66. The summed E-state index contributed by atoms with van der Waals surface area (Å²) >= 11 is 0. The molecule has 0 spiro atoms. The molecule has 0 aliphatic rings. The predicted molar refractivity (Wildman–Crippen MR) is 21.9 cm³/mol. The van der Waals surface area contributed by atoms with E-state index in [1.54, 1.807) is 13.0 Å². The highest BCUT2D eigenvalue weighted by atomic mass is 19.1. The van der Waals surface area contributed by atoms with Gasteiger partial charge in [-0.1, -0.05) is 6.08 Å². The standard InChI is InChI=1S/C4H7FO/c1-2-3-6-4-5/h2-3H,4H2,1H3/b3-2-. The fourth-order valence-corrected chi connectivity index (χ4v) is 0.133. The van der Waals surface area contributed by atoms with Crippen molar-refractivity contribution < 1.29 is 9.13 Å². The van der Waals surface area contributed by atoms with Gasteiger partial charge in [0.15, 0.2) is 0 Å². The first kappa shape index (κ1) is 5.47. The molecule has 0 aromatic carbocycles. The third-order valence-electron chi connectivity index (χ3n) is 0.295. The molecule has 0 fully saturated rings. The molecule has 0 aromatic heterocycles.